The van der Waals surface area contributed by atoms with Crippen LogP contribution in [0.2, 0.25) is 0 Å². The zero-order valence-electron chi connectivity index (χ0n) is 13.8. The number of nitrogens with zero attached hydrogens (tertiary/aromatic N) is 2. The number of carbonyl (C=O) groups is 2. The molecule has 8 nitrogen and oxygen atoms in total. The molecule has 1 aromatic heterocycles. The summed E-state index contributed by atoms with van der Waals surface area (Å²) in [7, 11) is -3.39. The summed E-state index contributed by atoms with van der Waals surface area (Å²) in [6.45, 7) is 3.32. The highest BCUT2D eigenvalue weighted by Crippen LogP contribution is 2.17. The molecule has 0 aliphatic carbocycles. The number of carbonyl (C=O) groups excluding carboxylic acids is 2. The molecule has 0 spiro atoms. The second-order valence-corrected chi connectivity index (χ2v) is 7.77. The summed E-state index contributed by atoms with van der Waals surface area (Å²) in [4.78, 5) is 24.8. The van der Waals surface area contributed by atoms with Crippen molar-refractivity contribution in [2.24, 2.45) is 0 Å². The molecule has 0 saturated carbocycles. The predicted molar refractivity (Wildman–Crippen MR) is 93.4 cm³/mol. The zero-order chi connectivity index (χ0) is 18.6. The van der Waals surface area contributed by atoms with Gasteiger partial charge in [-0.2, -0.15) is 0 Å². The molecular formula is C15H17N3O5S2. The van der Waals surface area contributed by atoms with Crippen LogP contribution < -0.4 is 4.72 Å². The first-order chi connectivity index (χ1) is 11.7. The highest BCUT2D eigenvalue weighted by Gasteiger charge is 2.23. The fraction of sp³-hybridized carbons (Fsp3) is 0.333. The topological polar surface area (TPSA) is 115 Å². The van der Waals surface area contributed by atoms with E-state index in [0.717, 1.165) is 17.8 Å². The Morgan fingerprint density at radius 3 is 2.48 bits per heavy atom. The molecule has 0 aliphatic heterocycles. The number of ether oxygens (including phenoxy) is 1. The molecule has 0 unspecified atom stereocenters. The third-order valence-electron chi connectivity index (χ3n) is 3.20. The van der Waals surface area contributed by atoms with E-state index in [4.69, 9.17) is 4.74 Å². The maximum atomic E-state index is 12.4. The standard InChI is InChI=1S/C15H17N3O5S2/c1-4-12-14(24-18-16-12)15(20)23-9(2)13(19)10-5-7-11(8-6-10)17-25(3,21)22/h5-9,17H,4H2,1-3H3/t9-/m0/s1. The molecule has 0 radical (unpaired) electrons. The summed E-state index contributed by atoms with van der Waals surface area (Å²) < 4.78 is 33.5. The van der Waals surface area contributed by atoms with Crippen LogP contribution in [0.1, 0.15) is 39.6 Å². The third kappa shape index (κ3) is 5.07. The van der Waals surface area contributed by atoms with Crippen LogP contribution in [0, 0.1) is 0 Å². The Kier molecular flexibility index (Phi) is 5.85. The normalized spacial score (nSPS) is 12.4. The number of rotatable bonds is 7. The van der Waals surface area contributed by atoms with Crippen molar-refractivity contribution in [2.45, 2.75) is 26.4 Å². The molecule has 1 aromatic carbocycles. The van der Waals surface area contributed by atoms with Gasteiger partial charge in [0.2, 0.25) is 15.8 Å². The zero-order valence-corrected chi connectivity index (χ0v) is 15.5. The monoisotopic (exact) mass is 383 g/mol. The van der Waals surface area contributed by atoms with Crippen molar-refractivity contribution in [3.63, 3.8) is 0 Å². The van der Waals surface area contributed by atoms with Gasteiger partial charge in [0, 0.05) is 11.3 Å². The Bertz CT molecular complexity index is 875. The lowest BCUT2D eigenvalue weighted by molar-refractivity contribution is 0.0322. The van der Waals surface area contributed by atoms with Crippen LogP contribution in [0.25, 0.3) is 0 Å². The molecule has 0 aliphatic rings. The van der Waals surface area contributed by atoms with Gasteiger partial charge in [-0.05, 0) is 49.1 Å². The number of aromatic nitrogens is 2. The molecule has 0 amide bonds. The highest BCUT2D eigenvalue weighted by atomic mass is 32.2. The van der Waals surface area contributed by atoms with E-state index < -0.39 is 27.9 Å². The van der Waals surface area contributed by atoms with Gasteiger partial charge in [0.1, 0.15) is 0 Å². The Morgan fingerprint density at radius 2 is 1.92 bits per heavy atom. The van der Waals surface area contributed by atoms with Crippen LogP contribution >= 0.6 is 11.5 Å². The van der Waals surface area contributed by atoms with Gasteiger partial charge in [0.05, 0.1) is 11.9 Å². The molecule has 0 bridgehead atoms. The number of hydrogen-bond donors (Lipinski definition) is 1. The van der Waals surface area contributed by atoms with Gasteiger partial charge in [0.15, 0.2) is 11.0 Å². The van der Waals surface area contributed by atoms with Gasteiger partial charge in [0.25, 0.3) is 0 Å². The lowest BCUT2D eigenvalue weighted by atomic mass is 10.1. The molecule has 2 aromatic rings. The Labute approximate surface area is 149 Å². The number of benzene rings is 1. The first-order valence-electron chi connectivity index (χ1n) is 7.35. The molecule has 10 heteroatoms. The summed E-state index contributed by atoms with van der Waals surface area (Å²) in [5.41, 5.74) is 1.18. The lowest BCUT2D eigenvalue weighted by Crippen LogP contribution is -2.24. The van der Waals surface area contributed by atoms with Crippen molar-refractivity contribution in [1.29, 1.82) is 0 Å². The minimum Gasteiger partial charge on any atom is -0.450 e. The smallest absolute Gasteiger partial charge is 0.352 e. The van der Waals surface area contributed by atoms with Crippen LogP contribution in [0.3, 0.4) is 0 Å². The van der Waals surface area contributed by atoms with Crippen molar-refractivity contribution in [2.75, 3.05) is 11.0 Å². The van der Waals surface area contributed by atoms with Gasteiger partial charge in [-0.25, -0.2) is 13.2 Å². The molecule has 1 atom stereocenters. The van der Waals surface area contributed by atoms with Crippen LogP contribution in [0.15, 0.2) is 24.3 Å². The van der Waals surface area contributed by atoms with Crippen LogP contribution in [0.5, 0.6) is 0 Å². The summed E-state index contributed by atoms with van der Waals surface area (Å²) in [5, 5.41) is 3.83. The van der Waals surface area contributed by atoms with Gasteiger partial charge in [-0.3, -0.25) is 9.52 Å². The molecular weight excluding hydrogens is 366 g/mol. The molecule has 0 fully saturated rings. The van der Waals surface area contributed by atoms with E-state index in [1.165, 1.54) is 31.2 Å². The van der Waals surface area contributed by atoms with Gasteiger partial charge < -0.3 is 4.74 Å². The minimum absolute atomic E-state index is 0.287. The molecule has 2 rings (SSSR count). The number of aryl methyl sites for hydroxylation is 1. The largest absolute Gasteiger partial charge is 0.450 e. The average molecular weight is 383 g/mol. The summed E-state index contributed by atoms with van der Waals surface area (Å²) in [5.74, 6) is -1.03. The number of esters is 1. The molecule has 1 N–H and O–H groups in total. The molecule has 134 valence electrons. The Morgan fingerprint density at radius 1 is 1.28 bits per heavy atom. The molecule has 25 heavy (non-hydrogen) atoms. The number of ketones is 1. The van der Waals surface area contributed by atoms with Crippen molar-refractivity contribution in [1.82, 2.24) is 9.59 Å². The van der Waals surface area contributed by atoms with E-state index >= 15 is 0 Å². The number of hydrogen-bond acceptors (Lipinski definition) is 8. The highest BCUT2D eigenvalue weighted by molar-refractivity contribution is 7.92. The second kappa shape index (κ2) is 7.70. The number of nitrogens with one attached hydrogen (secondary N) is 1. The molecule has 0 saturated heterocycles. The minimum atomic E-state index is -3.39. The maximum Gasteiger partial charge on any atom is 0.352 e. The van der Waals surface area contributed by atoms with Crippen LogP contribution in [-0.2, 0) is 21.2 Å². The summed E-state index contributed by atoms with van der Waals surface area (Å²) in [6, 6.07) is 5.86. The maximum absolute atomic E-state index is 12.4. The van der Waals surface area contributed by atoms with E-state index in [0.29, 0.717) is 23.4 Å². The van der Waals surface area contributed by atoms with E-state index in [2.05, 4.69) is 14.3 Å². The predicted octanol–water partition coefficient (Wildman–Crippen LogP) is 1.90. The SMILES string of the molecule is CCc1nnsc1C(=O)O[C@@H](C)C(=O)c1ccc(NS(C)(=O)=O)cc1. The van der Waals surface area contributed by atoms with Crippen LogP contribution in [0.4, 0.5) is 5.69 Å². The number of anilines is 1. The van der Waals surface area contributed by atoms with Crippen molar-refractivity contribution < 1.29 is 22.7 Å². The van der Waals surface area contributed by atoms with E-state index in [1.807, 2.05) is 6.92 Å². The van der Waals surface area contributed by atoms with E-state index in [1.54, 1.807) is 0 Å². The van der Waals surface area contributed by atoms with Gasteiger partial charge in [-0.15, -0.1) is 5.10 Å². The quantitative estimate of drug-likeness (QED) is 0.573. The third-order valence-corrected chi connectivity index (χ3v) is 4.56. The van der Waals surface area contributed by atoms with Gasteiger partial charge >= 0.3 is 5.97 Å². The Hall–Kier alpha value is -2.33. The van der Waals surface area contributed by atoms with Crippen LogP contribution in [-0.4, -0.2) is 42.1 Å². The van der Waals surface area contributed by atoms with Crippen molar-refractivity contribution >= 4 is 39.0 Å². The van der Waals surface area contributed by atoms with E-state index in [9.17, 15) is 18.0 Å². The van der Waals surface area contributed by atoms with Crippen molar-refractivity contribution in [3.05, 3.63) is 40.4 Å². The first-order valence-corrected chi connectivity index (χ1v) is 10.0. The Balaban J connectivity index is 2.05. The van der Waals surface area contributed by atoms with E-state index in [-0.39, 0.29) is 4.88 Å². The summed E-state index contributed by atoms with van der Waals surface area (Å²) in [6.07, 6.45) is 0.581. The second-order valence-electron chi connectivity index (χ2n) is 5.27. The van der Waals surface area contributed by atoms with Crippen molar-refractivity contribution in [3.8, 4) is 0 Å². The van der Waals surface area contributed by atoms with Gasteiger partial charge in [-0.1, -0.05) is 11.4 Å². The summed E-state index contributed by atoms with van der Waals surface area (Å²) >= 11 is 0.927. The number of sulfonamides is 1. The first kappa shape index (κ1) is 19.0. The lowest BCUT2D eigenvalue weighted by Gasteiger charge is -2.12. The average Bonchev–Trinajstić information content (AvgIpc) is 3.02. The fourth-order valence-corrected chi connectivity index (χ4v) is 3.21. The molecule has 1 heterocycles. The number of Topliss-reactive ketones (excluding diaryl/α,β-unsaturated/α-hetero) is 1. The fourth-order valence-electron chi connectivity index (χ4n) is 2.01.